The number of aromatic nitrogens is 2. The molecule has 1 aromatic heterocycles. The molecule has 2 N–H and O–H groups in total. The van der Waals surface area contributed by atoms with Gasteiger partial charge < -0.3 is 15.0 Å². The quantitative estimate of drug-likeness (QED) is 0.923. The largest absolute Gasteiger partial charge is 0.373 e. The van der Waals surface area contributed by atoms with E-state index in [-0.39, 0.29) is 6.10 Å². The molecule has 2 saturated heterocycles. The Labute approximate surface area is 128 Å². The van der Waals surface area contributed by atoms with Gasteiger partial charge in [0, 0.05) is 12.6 Å². The molecule has 2 aromatic rings. The first-order valence-corrected chi connectivity index (χ1v) is 7.86. The number of nitrogen functional groups attached to an aromatic ring is 1. The second-order valence-corrected chi connectivity index (χ2v) is 6.34. The molecule has 112 valence electrons. The number of benzene rings is 1. The fourth-order valence-corrected chi connectivity index (χ4v) is 3.82. The molecule has 0 aliphatic carbocycles. The average molecular weight is 307 g/mol. The molecule has 2 aliphatic rings. The molecule has 0 spiro atoms. The zero-order valence-corrected chi connectivity index (χ0v) is 12.6. The summed E-state index contributed by atoms with van der Waals surface area (Å²) in [6, 6.07) is 6.32. The van der Waals surface area contributed by atoms with Crippen LogP contribution in [-0.4, -0.2) is 46.3 Å². The number of imidazole rings is 1. The van der Waals surface area contributed by atoms with Gasteiger partial charge in [0.25, 0.3) is 0 Å². The lowest BCUT2D eigenvalue weighted by atomic mass is 10.2. The summed E-state index contributed by atoms with van der Waals surface area (Å²) in [5.41, 5.74) is 7.82. The Morgan fingerprint density at radius 1 is 1.43 bits per heavy atom. The zero-order valence-electron chi connectivity index (χ0n) is 11.8. The zero-order chi connectivity index (χ0) is 14.4. The summed E-state index contributed by atoms with van der Waals surface area (Å²) >= 11 is 6.31. The normalized spacial score (nSPS) is 26.3. The van der Waals surface area contributed by atoms with Crippen LogP contribution in [0.15, 0.2) is 18.2 Å². The number of para-hydroxylation sites is 1. The molecular weight excluding hydrogens is 288 g/mol. The van der Waals surface area contributed by atoms with Gasteiger partial charge in [-0.05, 0) is 31.5 Å². The summed E-state index contributed by atoms with van der Waals surface area (Å²) in [5, 5.41) is 0.687. The van der Waals surface area contributed by atoms with Crippen LogP contribution in [0.4, 0.5) is 5.95 Å². The molecular formula is C15H19ClN4O. The van der Waals surface area contributed by atoms with Gasteiger partial charge in [-0.25, -0.2) is 4.98 Å². The van der Waals surface area contributed by atoms with E-state index in [0.717, 1.165) is 24.2 Å². The molecule has 0 amide bonds. The summed E-state index contributed by atoms with van der Waals surface area (Å²) in [7, 11) is 0. The monoisotopic (exact) mass is 306 g/mol. The standard InChI is InChI=1S/C15H19ClN4O/c16-12-4-1-5-13-14(12)20(15(17)18-13)8-11-7-19-6-2-3-10(19)9-21-11/h1,4-5,10-11H,2-3,6-9H2,(H2,17,18). The van der Waals surface area contributed by atoms with Crippen molar-refractivity contribution in [3.63, 3.8) is 0 Å². The Morgan fingerprint density at radius 2 is 2.33 bits per heavy atom. The molecule has 2 unspecified atom stereocenters. The summed E-state index contributed by atoms with van der Waals surface area (Å²) in [6.45, 7) is 3.68. The van der Waals surface area contributed by atoms with Crippen molar-refractivity contribution in [2.75, 3.05) is 25.4 Å². The lowest BCUT2D eigenvalue weighted by Gasteiger charge is -2.35. The van der Waals surface area contributed by atoms with E-state index in [0.29, 0.717) is 23.6 Å². The van der Waals surface area contributed by atoms with Gasteiger partial charge in [0.1, 0.15) is 0 Å². The number of nitrogens with zero attached hydrogens (tertiary/aromatic N) is 3. The van der Waals surface area contributed by atoms with E-state index >= 15 is 0 Å². The van der Waals surface area contributed by atoms with Crippen molar-refractivity contribution in [1.29, 1.82) is 0 Å². The van der Waals surface area contributed by atoms with E-state index in [9.17, 15) is 0 Å². The van der Waals surface area contributed by atoms with Gasteiger partial charge in [-0.15, -0.1) is 0 Å². The maximum absolute atomic E-state index is 6.31. The number of hydrogen-bond donors (Lipinski definition) is 1. The predicted molar refractivity (Wildman–Crippen MR) is 83.5 cm³/mol. The van der Waals surface area contributed by atoms with Crippen molar-refractivity contribution in [3.8, 4) is 0 Å². The summed E-state index contributed by atoms with van der Waals surface area (Å²) in [5.74, 6) is 0.505. The Kier molecular flexibility index (Phi) is 3.28. The predicted octanol–water partition coefficient (Wildman–Crippen LogP) is 2.14. The fourth-order valence-electron chi connectivity index (χ4n) is 3.54. The topological polar surface area (TPSA) is 56.3 Å². The van der Waals surface area contributed by atoms with E-state index in [1.54, 1.807) is 0 Å². The van der Waals surface area contributed by atoms with Gasteiger partial charge in [-0.1, -0.05) is 17.7 Å². The van der Waals surface area contributed by atoms with E-state index < -0.39 is 0 Å². The number of halogens is 1. The number of ether oxygens (including phenoxy) is 1. The molecule has 0 radical (unpaired) electrons. The third-order valence-electron chi connectivity index (χ3n) is 4.59. The van der Waals surface area contributed by atoms with Crippen LogP contribution >= 0.6 is 11.6 Å². The van der Waals surface area contributed by atoms with Crippen LogP contribution in [0.3, 0.4) is 0 Å². The first kappa shape index (κ1) is 13.4. The van der Waals surface area contributed by atoms with Crippen LogP contribution in [0.5, 0.6) is 0 Å². The van der Waals surface area contributed by atoms with Crippen molar-refractivity contribution in [2.45, 2.75) is 31.5 Å². The highest BCUT2D eigenvalue weighted by Gasteiger charge is 2.32. The van der Waals surface area contributed by atoms with Crippen LogP contribution in [0.25, 0.3) is 11.0 Å². The first-order valence-electron chi connectivity index (χ1n) is 7.48. The minimum atomic E-state index is 0.148. The molecule has 21 heavy (non-hydrogen) atoms. The van der Waals surface area contributed by atoms with Gasteiger partial charge in [0.2, 0.25) is 5.95 Å². The first-order chi connectivity index (χ1) is 10.2. The second-order valence-electron chi connectivity index (χ2n) is 5.93. The van der Waals surface area contributed by atoms with Crippen molar-refractivity contribution in [1.82, 2.24) is 14.5 Å². The molecule has 2 fully saturated rings. The van der Waals surface area contributed by atoms with E-state index in [4.69, 9.17) is 22.1 Å². The number of hydrogen-bond acceptors (Lipinski definition) is 4. The van der Waals surface area contributed by atoms with Gasteiger partial charge >= 0.3 is 0 Å². The molecule has 3 heterocycles. The van der Waals surface area contributed by atoms with Gasteiger partial charge in [0.05, 0.1) is 35.3 Å². The smallest absolute Gasteiger partial charge is 0.201 e. The Balaban J connectivity index is 1.61. The minimum Gasteiger partial charge on any atom is -0.373 e. The van der Waals surface area contributed by atoms with Crippen molar-refractivity contribution < 1.29 is 4.74 Å². The molecule has 6 heteroatoms. The summed E-state index contributed by atoms with van der Waals surface area (Å²) < 4.78 is 8.00. The number of fused-ring (bicyclic) bond motifs is 2. The highest BCUT2D eigenvalue weighted by atomic mass is 35.5. The Hall–Kier alpha value is -1.30. The van der Waals surface area contributed by atoms with Crippen LogP contribution in [0, 0.1) is 0 Å². The Bertz CT molecular complexity index is 671. The van der Waals surface area contributed by atoms with Crippen molar-refractivity contribution in [3.05, 3.63) is 23.2 Å². The molecule has 0 bridgehead atoms. The number of morpholine rings is 1. The number of nitrogens with two attached hydrogens (primary N) is 1. The molecule has 0 saturated carbocycles. The van der Waals surface area contributed by atoms with Crippen molar-refractivity contribution in [2.24, 2.45) is 0 Å². The molecule has 4 rings (SSSR count). The molecule has 2 aliphatic heterocycles. The summed E-state index contributed by atoms with van der Waals surface area (Å²) in [6.07, 6.45) is 2.69. The van der Waals surface area contributed by atoms with Gasteiger partial charge in [-0.2, -0.15) is 0 Å². The maximum atomic E-state index is 6.31. The molecule has 2 atom stereocenters. The SMILES string of the molecule is Nc1nc2cccc(Cl)c2n1CC1CN2CCCC2CO1. The average Bonchev–Trinajstić information content (AvgIpc) is 3.04. The van der Waals surface area contributed by atoms with Crippen molar-refractivity contribution >= 4 is 28.6 Å². The van der Waals surface area contributed by atoms with Gasteiger partial charge in [-0.3, -0.25) is 4.90 Å². The Morgan fingerprint density at radius 3 is 3.24 bits per heavy atom. The highest BCUT2D eigenvalue weighted by Crippen LogP contribution is 2.28. The summed E-state index contributed by atoms with van der Waals surface area (Å²) in [4.78, 5) is 6.93. The van der Waals surface area contributed by atoms with Crippen LogP contribution in [-0.2, 0) is 11.3 Å². The van der Waals surface area contributed by atoms with E-state index in [2.05, 4.69) is 9.88 Å². The third-order valence-corrected chi connectivity index (χ3v) is 4.90. The van der Waals surface area contributed by atoms with E-state index in [1.165, 1.54) is 19.4 Å². The van der Waals surface area contributed by atoms with E-state index in [1.807, 2.05) is 22.8 Å². The second kappa shape index (κ2) is 5.16. The lowest BCUT2D eigenvalue weighted by Crippen LogP contribution is -2.47. The maximum Gasteiger partial charge on any atom is 0.201 e. The lowest BCUT2D eigenvalue weighted by molar-refractivity contribution is -0.0545. The van der Waals surface area contributed by atoms with Crippen LogP contribution in [0.2, 0.25) is 5.02 Å². The number of anilines is 1. The van der Waals surface area contributed by atoms with Crippen LogP contribution in [0.1, 0.15) is 12.8 Å². The highest BCUT2D eigenvalue weighted by molar-refractivity contribution is 6.35. The fraction of sp³-hybridized carbons (Fsp3) is 0.533. The molecule has 1 aromatic carbocycles. The third kappa shape index (κ3) is 2.29. The molecule has 5 nitrogen and oxygen atoms in total. The van der Waals surface area contributed by atoms with Gasteiger partial charge in [0.15, 0.2) is 0 Å². The van der Waals surface area contributed by atoms with Crippen LogP contribution < -0.4 is 5.73 Å². The number of rotatable bonds is 2. The minimum absolute atomic E-state index is 0.148.